The molecule has 0 radical (unpaired) electrons. The van der Waals surface area contributed by atoms with Gasteiger partial charge in [0, 0.05) is 6.54 Å². The molecule has 2 N–H and O–H groups in total. The average molecular weight is 366 g/mol. The lowest BCUT2D eigenvalue weighted by Crippen LogP contribution is -2.55. The molecule has 26 heavy (non-hydrogen) atoms. The van der Waals surface area contributed by atoms with E-state index >= 15 is 0 Å². The molecule has 0 aromatic heterocycles. The Morgan fingerprint density at radius 1 is 1.12 bits per heavy atom. The van der Waals surface area contributed by atoms with Crippen molar-refractivity contribution in [2.75, 3.05) is 16.8 Å². The minimum atomic E-state index is -0.0464. The van der Waals surface area contributed by atoms with Crippen LogP contribution in [0.15, 0.2) is 53.5 Å². The van der Waals surface area contributed by atoms with Crippen molar-refractivity contribution in [1.29, 1.82) is 0 Å². The van der Waals surface area contributed by atoms with Gasteiger partial charge in [0.2, 0.25) is 0 Å². The van der Waals surface area contributed by atoms with E-state index in [4.69, 9.17) is 4.99 Å². The molecule has 1 saturated heterocycles. The largest absolute Gasteiger partial charge is 0.371 e. The first-order valence-corrected chi connectivity index (χ1v) is 10.7. The second kappa shape index (κ2) is 7.36. The topological polar surface area (TPSA) is 36.4 Å². The lowest BCUT2D eigenvalue weighted by Gasteiger charge is -2.42. The van der Waals surface area contributed by atoms with E-state index in [1.807, 2.05) is 11.8 Å². The monoisotopic (exact) mass is 365 g/mol. The summed E-state index contributed by atoms with van der Waals surface area (Å²) in [5, 5.41) is 7.51. The molecule has 0 atom stereocenters. The quantitative estimate of drug-likeness (QED) is 0.773. The summed E-state index contributed by atoms with van der Waals surface area (Å²) in [7, 11) is 0. The van der Waals surface area contributed by atoms with Gasteiger partial charge in [-0.1, -0.05) is 50.2 Å². The number of aliphatic imine (C=N–C) groups is 1. The average Bonchev–Trinajstić information content (AvgIpc) is 2.67. The van der Waals surface area contributed by atoms with E-state index in [-0.39, 0.29) is 5.54 Å². The molecule has 136 valence electrons. The summed E-state index contributed by atoms with van der Waals surface area (Å²) in [6.07, 6.45) is 2.23. The number of thioether (sulfide) groups is 1. The SMILES string of the molecule is CC(C)c1cccc(CNC2=Nc3ccccc3NC23CCSCC3)c1. The fourth-order valence-electron chi connectivity index (χ4n) is 3.76. The highest BCUT2D eigenvalue weighted by molar-refractivity contribution is 7.99. The molecule has 2 aromatic rings. The van der Waals surface area contributed by atoms with Gasteiger partial charge in [-0.2, -0.15) is 11.8 Å². The zero-order valence-corrected chi connectivity index (χ0v) is 16.4. The Morgan fingerprint density at radius 3 is 2.73 bits per heavy atom. The lowest BCUT2D eigenvalue weighted by atomic mass is 9.88. The Bertz CT molecular complexity index is 807. The molecule has 0 amide bonds. The van der Waals surface area contributed by atoms with Crippen LogP contribution in [0, 0.1) is 0 Å². The van der Waals surface area contributed by atoms with Gasteiger partial charge in [-0.3, -0.25) is 0 Å². The molecular weight excluding hydrogens is 338 g/mol. The predicted molar refractivity (Wildman–Crippen MR) is 114 cm³/mol. The van der Waals surface area contributed by atoms with Crippen molar-refractivity contribution >= 4 is 29.0 Å². The molecule has 2 aliphatic rings. The van der Waals surface area contributed by atoms with E-state index in [0.717, 1.165) is 36.6 Å². The Balaban J connectivity index is 1.60. The van der Waals surface area contributed by atoms with E-state index in [0.29, 0.717) is 5.92 Å². The molecule has 4 heteroatoms. The van der Waals surface area contributed by atoms with Crippen molar-refractivity contribution in [3.05, 3.63) is 59.7 Å². The molecule has 0 aliphatic carbocycles. The Hall–Kier alpha value is -1.94. The molecule has 0 saturated carbocycles. The number of hydrogen-bond acceptors (Lipinski definition) is 4. The third-order valence-corrected chi connectivity index (χ3v) is 6.37. The van der Waals surface area contributed by atoms with Crippen LogP contribution < -0.4 is 10.6 Å². The van der Waals surface area contributed by atoms with Crippen molar-refractivity contribution in [2.45, 2.75) is 44.7 Å². The van der Waals surface area contributed by atoms with Crippen molar-refractivity contribution in [3.8, 4) is 0 Å². The van der Waals surface area contributed by atoms with Gasteiger partial charge in [-0.15, -0.1) is 0 Å². The highest BCUT2D eigenvalue weighted by Crippen LogP contribution is 2.39. The number of amidine groups is 1. The van der Waals surface area contributed by atoms with Crippen LogP contribution in [0.4, 0.5) is 11.4 Å². The van der Waals surface area contributed by atoms with Crippen LogP contribution in [-0.2, 0) is 6.54 Å². The van der Waals surface area contributed by atoms with Crippen LogP contribution in [0.1, 0.15) is 43.7 Å². The first-order chi connectivity index (χ1) is 12.7. The summed E-state index contributed by atoms with van der Waals surface area (Å²) in [5.41, 5.74) is 4.86. The lowest BCUT2D eigenvalue weighted by molar-refractivity contribution is 0.543. The summed E-state index contributed by atoms with van der Waals surface area (Å²) >= 11 is 2.04. The van der Waals surface area contributed by atoms with Gasteiger partial charge in [0.1, 0.15) is 5.84 Å². The molecule has 2 heterocycles. The number of fused-ring (bicyclic) bond motifs is 1. The molecule has 2 aromatic carbocycles. The van der Waals surface area contributed by atoms with Crippen LogP contribution in [0.25, 0.3) is 0 Å². The van der Waals surface area contributed by atoms with Crippen molar-refractivity contribution in [3.63, 3.8) is 0 Å². The number of nitrogens with one attached hydrogen (secondary N) is 2. The van der Waals surface area contributed by atoms with Crippen molar-refractivity contribution < 1.29 is 0 Å². The third kappa shape index (κ3) is 3.48. The van der Waals surface area contributed by atoms with Crippen LogP contribution >= 0.6 is 11.8 Å². The standard InChI is InChI=1S/C22H27N3S/c1-16(2)18-7-5-6-17(14-18)15-23-21-22(10-12-26-13-11-22)25-20-9-4-3-8-19(20)24-21/h3-9,14,16,25H,10-13,15H2,1-2H3,(H,23,24). The van der Waals surface area contributed by atoms with Gasteiger partial charge in [-0.25, -0.2) is 4.99 Å². The van der Waals surface area contributed by atoms with E-state index in [2.05, 4.69) is 73.0 Å². The third-order valence-electron chi connectivity index (χ3n) is 5.39. The molecule has 3 nitrogen and oxygen atoms in total. The molecule has 4 rings (SSSR count). The van der Waals surface area contributed by atoms with E-state index < -0.39 is 0 Å². The maximum atomic E-state index is 5.03. The van der Waals surface area contributed by atoms with Crippen molar-refractivity contribution in [2.24, 2.45) is 4.99 Å². The molecule has 1 spiro atoms. The van der Waals surface area contributed by atoms with Crippen LogP contribution in [0.3, 0.4) is 0 Å². The summed E-state index contributed by atoms with van der Waals surface area (Å²) in [6, 6.07) is 17.3. The fourth-order valence-corrected chi connectivity index (χ4v) is 4.95. The predicted octanol–water partition coefficient (Wildman–Crippen LogP) is 5.32. The van der Waals surface area contributed by atoms with Gasteiger partial charge < -0.3 is 10.6 Å². The van der Waals surface area contributed by atoms with E-state index in [1.165, 1.54) is 22.6 Å². The minimum absolute atomic E-state index is 0.0464. The molecule has 0 unspecified atom stereocenters. The zero-order chi connectivity index (χ0) is 18.0. The summed E-state index contributed by atoms with van der Waals surface area (Å²) in [5.74, 6) is 4.01. The summed E-state index contributed by atoms with van der Waals surface area (Å²) in [6.45, 7) is 5.30. The van der Waals surface area contributed by atoms with E-state index in [9.17, 15) is 0 Å². The zero-order valence-electron chi connectivity index (χ0n) is 15.6. The van der Waals surface area contributed by atoms with E-state index in [1.54, 1.807) is 0 Å². The maximum Gasteiger partial charge on any atom is 0.128 e. The Kier molecular flexibility index (Phi) is 4.94. The molecule has 1 fully saturated rings. The number of benzene rings is 2. The van der Waals surface area contributed by atoms with Gasteiger partial charge in [0.25, 0.3) is 0 Å². The fraction of sp³-hybridized carbons (Fsp3) is 0.409. The number of rotatable bonds is 3. The highest BCUT2D eigenvalue weighted by Gasteiger charge is 2.40. The number of anilines is 1. The number of hydrogen-bond donors (Lipinski definition) is 2. The molecule has 0 bridgehead atoms. The molecular formula is C22H27N3S. The van der Waals surface area contributed by atoms with Crippen molar-refractivity contribution in [1.82, 2.24) is 5.32 Å². The van der Waals surface area contributed by atoms with Crippen LogP contribution in [-0.4, -0.2) is 22.9 Å². The number of nitrogens with zero attached hydrogens (tertiary/aromatic N) is 1. The van der Waals surface area contributed by atoms with Crippen LogP contribution in [0.2, 0.25) is 0 Å². The second-order valence-corrected chi connectivity index (χ2v) is 8.78. The summed E-state index contributed by atoms with van der Waals surface area (Å²) in [4.78, 5) is 5.03. The number of para-hydroxylation sites is 2. The highest BCUT2D eigenvalue weighted by atomic mass is 32.2. The first-order valence-electron chi connectivity index (χ1n) is 9.53. The minimum Gasteiger partial charge on any atom is -0.371 e. The normalized spacial score (nSPS) is 18.2. The second-order valence-electron chi connectivity index (χ2n) is 7.55. The van der Waals surface area contributed by atoms with Gasteiger partial charge in [0.05, 0.1) is 16.9 Å². The molecule has 2 aliphatic heterocycles. The smallest absolute Gasteiger partial charge is 0.128 e. The van der Waals surface area contributed by atoms with Gasteiger partial charge >= 0.3 is 0 Å². The van der Waals surface area contributed by atoms with Gasteiger partial charge in [0.15, 0.2) is 0 Å². The van der Waals surface area contributed by atoms with Gasteiger partial charge in [-0.05, 0) is 53.5 Å². The Morgan fingerprint density at radius 2 is 1.92 bits per heavy atom. The Labute approximate surface area is 160 Å². The first kappa shape index (κ1) is 17.5. The maximum absolute atomic E-state index is 5.03. The summed E-state index contributed by atoms with van der Waals surface area (Å²) < 4.78 is 0. The van der Waals surface area contributed by atoms with Crippen LogP contribution in [0.5, 0.6) is 0 Å².